The third kappa shape index (κ3) is 3.25. The molecule has 1 N–H and O–H groups in total. The van der Waals surface area contributed by atoms with Gasteiger partial charge in [-0.15, -0.1) is 0 Å². The maximum Gasteiger partial charge on any atom is 0.132 e. The second kappa shape index (κ2) is 6.29. The lowest BCUT2D eigenvalue weighted by atomic mass is 9.97. The number of halogens is 2. The first kappa shape index (κ1) is 15.5. The second-order valence-corrected chi connectivity index (χ2v) is 6.49. The van der Waals surface area contributed by atoms with Gasteiger partial charge in [0.05, 0.1) is 11.8 Å². The lowest BCUT2D eigenvalue weighted by Gasteiger charge is -2.13. The molecular weight excluding hydrogens is 340 g/mol. The second-order valence-electron chi connectivity index (χ2n) is 5.22. The first-order valence-corrected chi connectivity index (χ1v) is 7.72. The normalized spacial score (nSPS) is 12.9. The summed E-state index contributed by atoms with van der Waals surface area (Å²) in [5, 5.41) is 15.5. The molecule has 1 atom stereocenters. The molecule has 20 heavy (non-hydrogen) atoms. The zero-order chi connectivity index (χ0) is 14.9. The number of aryl methyl sites for hydroxylation is 1. The monoisotopic (exact) mass is 356 g/mol. The van der Waals surface area contributed by atoms with E-state index in [4.69, 9.17) is 11.6 Å². The number of benzene rings is 1. The molecule has 5 heteroatoms. The molecule has 2 rings (SSSR count). The van der Waals surface area contributed by atoms with Crippen LogP contribution >= 0.6 is 27.5 Å². The van der Waals surface area contributed by atoms with Crippen LogP contribution in [0.2, 0.25) is 5.15 Å². The quantitative estimate of drug-likeness (QED) is 0.889. The Morgan fingerprint density at radius 1 is 1.40 bits per heavy atom. The highest BCUT2D eigenvalue weighted by Crippen LogP contribution is 2.32. The molecule has 0 saturated carbocycles. The molecule has 0 aliphatic rings. The minimum atomic E-state index is -0.650. The maximum absolute atomic E-state index is 10.5. The summed E-state index contributed by atoms with van der Waals surface area (Å²) in [5.41, 5.74) is 2.66. The summed E-state index contributed by atoms with van der Waals surface area (Å²) in [5.74, 6) is 0.223. The highest BCUT2D eigenvalue weighted by Gasteiger charge is 2.23. The van der Waals surface area contributed by atoms with Crippen LogP contribution in [0.15, 0.2) is 28.7 Å². The van der Waals surface area contributed by atoms with E-state index in [1.807, 2.05) is 38.1 Å². The van der Waals surface area contributed by atoms with Gasteiger partial charge in [0, 0.05) is 23.5 Å². The van der Waals surface area contributed by atoms with Gasteiger partial charge >= 0.3 is 0 Å². The highest BCUT2D eigenvalue weighted by atomic mass is 79.9. The SMILES string of the molecule is CC(C)c1nn(C)c(Cl)c1C(O)Cc1cccc(Br)c1. The minimum Gasteiger partial charge on any atom is -0.388 e. The molecule has 0 bridgehead atoms. The molecule has 1 unspecified atom stereocenters. The largest absolute Gasteiger partial charge is 0.388 e. The van der Waals surface area contributed by atoms with Crippen molar-refractivity contribution in [2.24, 2.45) is 7.05 Å². The average molecular weight is 358 g/mol. The maximum atomic E-state index is 10.5. The molecule has 108 valence electrons. The van der Waals surface area contributed by atoms with Gasteiger partial charge in [-0.3, -0.25) is 4.68 Å². The molecule has 0 radical (unpaired) electrons. The van der Waals surface area contributed by atoms with Crippen LogP contribution in [0.4, 0.5) is 0 Å². The van der Waals surface area contributed by atoms with Crippen molar-refractivity contribution >= 4 is 27.5 Å². The minimum absolute atomic E-state index is 0.223. The number of nitrogens with zero attached hydrogens (tertiary/aromatic N) is 2. The van der Waals surface area contributed by atoms with E-state index in [-0.39, 0.29) is 5.92 Å². The molecule has 0 spiro atoms. The number of hydrogen-bond acceptors (Lipinski definition) is 2. The third-order valence-electron chi connectivity index (χ3n) is 3.24. The van der Waals surface area contributed by atoms with E-state index in [9.17, 15) is 5.11 Å². The Hall–Kier alpha value is -0.840. The van der Waals surface area contributed by atoms with Gasteiger partial charge in [-0.1, -0.05) is 53.5 Å². The van der Waals surface area contributed by atoms with E-state index in [0.717, 1.165) is 21.3 Å². The standard InChI is InChI=1S/C15H18BrClN2O/c1-9(2)14-13(15(17)19(3)18-14)12(20)8-10-5-4-6-11(16)7-10/h4-7,9,12,20H,8H2,1-3H3. The van der Waals surface area contributed by atoms with Crippen molar-refractivity contribution in [2.75, 3.05) is 0 Å². The topological polar surface area (TPSA) is 38.0 Å². The van der Waals surface area contributed by atoms with Crippen molar-refractivity contribution in [3.63, 3.8) is 0 Å². The lowest BCUT2D eigenvalue weighted by Crippen LogP contribution is -2.05. The van der Waals surface area contributed by atoms with Gasteiger partial charge in [-0.2, -0.15) is 5.10 Å². The van der Waals surface area contributed by atoms with Crippen molar-refractivity contribution in [3.8, 4) is 0 Å². The van der Waals surface area contributed by atoms with Crippen LogP contribution in [-0.4, -0.2) is 14.9 Å². The Bertz CT molecular complexity index is 610. The number of rotatable bonds is 4. The zero-order valence-electron chi connectivity index (χ0n) is 11.8. The lowest BCUT2D eigenvalue weighted by molar-refractivity contribution is 0.177. The van der Waals surface area contributed by atoms with Crippen LogP contribution < -0.4 is 0 Å². The summed E-state index contributed by atoms with van der Waals surface area (Å²) in [6.45, 7) is 4.10. The Labute approximate surface area is 132 Å². The summed E-state index contributed by atoms with van der Waals surface area (Å²) in [4.78, 5) is 0. The van der Waals surface area contributed by atoms with Crippen LogP contribution in [0.5, 0.6) is 0 Å². The molecule has 1 aromatic heterocycles. The van der Waals surface area contributed by atoms with Crippen LogP contribution in [0.1, 0.15) is 42.7 Å². The first-order chi connectivity index (χ1) is 9.40. The van der Waals surface area contributed by atoms with E-state index >= 15 is 0 Å². The van der Waals surface area contributed by atoms with Gasteiger partial charge in [0.15, 0.2) is 0 Å². The third-order valence-corrected chi connectivity index (χ3v) is 4.18. The molecule has 2 aromatic rings. The smallest absolute Gasteiger partial charge is 0.132 e. The highest BCUT2D eigenvalue weighted by molar-refractivity contribution is 9.10. The van der Waals surface area contributed by atoms with Crippen molar-refractivity contribution in [1.82, 2.24) is 9.78 Å². The summed E-state index contributed by atoms with van der Waals surface area (Å²) in [6.07, 6.45) is -0.132. The average Bonchev–Trinajstić information content (AvgIpc) is 2.66. The van der Waals surface area contributed by atoms with Crippen molar-refractivity contribution in [3.05, 3.63) is 50.7 Å². The van der Waals surface area contributed by atoms with Gasteiger partial charge in [-0.25, -0.2) is 0 Å². The number of hydrogen-bond donors (Lipinski definition) is 1. The number of aliphatic hydroxyl groups excluding tert-OH is 1. The molecular formula is C15H18BrClN2O. The fourth-order valence-corrected chi connectivity index (χ4v) is 2.97. The van der Waals surface area contributed by atoms with Gasteiger partial charge < -0.3 is 5.11 Å². The fraction of sp³-hybridized carbons (Fsp3) is 0.400. The van der Waals surface area contributed by atoms with Crippen molar-refractivity contribution < 1.29 is 5.11 Å². The van der Waals surface area contributed by atoms with Crippen molar-refractivity contribution in [2.45, 2.75) is 32.3 Å². The molecule has 1 heterocycles. The van der Waals surface area contributed by atoms with E-state index in [1.54, 1.807) is 11.7 Å². The van der Waals surface area contributed by atoms with Crippen LogP contribution in [-0.2, 0) is 13.5 Å². The summed E-state index contributed by atoms with van der Waals surface area (Å²) >= 11 is 9.72. The van der Waals surface area contributed by atoms with E-state index in [1.165, 1.54) is 0 Å². The van der Waals surface area contributed by atoms with E-state index in [2.05, 4.69) is 21.0 Å². The van der Waals surface area contributed by atoms with E-state index in [0.29, 0.717) is 11.6 Å². The molecule has 0 saturated heterocycles. The van der Waals surface area contributed by atoms with Gasteiger partial charge in [0.25, 0.3) is 0 Å². The predicted octanol–water partition coefficient (Wildman–Crippen LogP) is 4.24. The number of aliphatic hydroxyl groups is 1. The number of aromatic nitrogens is 2. The van der Waals surface area contributed by atoms with Crippen LogP contribution in [0, 0.1) is 0 Å². The summed E-state index contributed by atoms with van der Waals surface area (Å²) in [7, 11) is 1.80. The zero-order valence-corrected chi connectivity index (χ0v) is 14.1. The van der Waals surface area contributed by atoms with Gasteiger partial charge in [-0.05, 0) is 23.6 Å². The van der Waals surface area contributed by atoms with Crippen molar-refractivity contribution in [1.29, 1.82) is 0 Å². The Morgan fingerprint density at radius 3 is 2.70 bits per heavy atom. The molecule has 3 nitrogen and oxygen atoms in total. The molecule has 0 aliphatic heterocycles. The molecule has 1 aromatic carbocycles. The molecule has 0 aliphatic carbocycles. The Balaban J connectivity index is 2.31. The summed E-state index contributed by atoms with van der Waals surface area (Å²) < 4.78 is 2.62. The van der Waals surface area contributed by atoms with Crippen LogP contribution in [0.3, 0.4) is 0 Å². The van der Waals surface area contributed by atoms with Gasteiger partial charge in [0.2, 0.25) is 0 Å². The van der Waals surface area contributed by atoms with E-state index < -0.39 is 6.10 Å². The molecule has 0 amide bonds. The predicted molar refractivity (Wildman–Crippen MR) is 85.1 cm³/mol. The van der Waals surface area contributed by atoms with Gasteiger partial charge in [0.1, 0.15) is 5.15 Å². The first-order valence-electron chi connectivity index (χ1n) is 6.55. The molecule has 0 fully saturated rings. The fourth-order valence-electron chi connectivity index (χ4n) is 2.26. The van der Waals surface area contributed by atoms with Crippen LogP contribution in [0.25, 0.3) is 0 Å². The summed E-state index contributed by atoms with van der Waals surface area (Å²) in [6, 6.07) is 7.92. The Kier molecular flexibility index (Phi) is 4.89. The Morgan fingerprint density at radius 2 is 2.10 bits per heavy atom.